The van der Waals surface area contributed by atoms with Crippen molar-refractivity contribution in [2.75, 3.05) is 18.9 Å². The zero-order chi connectivity index (χ0) is 18.0. The lowest BCUT2D eigenvalue weighted by molar-refractivity contribution is -0.116. The molecule has 0 aliphatic heterocycles. The van der Waals surface area contributed by atoms with Crippen molar-refractivity contribution in [2.24, 2.45) is 0 Å². The van der Waals surface area contributed by atoms with Crippen LogP contribution >= 0.6 is 15.9 Å². The number of likely N-dealkylation sites (N-methyl/N-ethyl adjacent to an activating group) is 1. The number of aryl methyl sites for hydroxylation is 1. The number of anilines is 1. The summed E-state index contributed by atoms with van der Waals surface area (Å²) < 4.78 is 2.25. The van der Waals surface area contributed by atoms with Gasteiger partial charge in [0.1, 0.15) is 0 Å². The molecule has 0 saturated carbocycles. The summed E-state index contributed by atoms with van der Waals surface area (Å²) in [7, 11) is 1.52. The molecule has 9 heteroatoms. The van der Waals surface area contributed by atoms with Gasteiger partial charge in [-0.1, -0.05) is 12.1 Å². The van der Waals surface area contributed by atoms with Gasteiger partial charge in [-0.15, -0.1) is 5.10 Å². The summed E-state index contributed by atoms with van der Waals surface area (Å²) in [4.78, 5) is 34.0. The second kappa shape index (κ2) is 6.98. The summed E-state index contributed by atoms with van der Waals surface area (Å²) in [6, 6.07) is 9.01. The van der Waals surface area contributed by atoms with Gasteiger partial charge >= 0.3 is 0 Å². The number of fused-ring (bicyclic) bond motifs is 1. The first kappa shape index (κ1) is 17.0. The molecular formula is C16H15BrN6O2. The number of rotatable bonds is 4. The van der Waals surface area contributed by atoms with Gasteiger partial charge in [-0.05, 0) is 41.1 Å². The molecule has 0 unspecified atom stereocenters. The Morgan fingerprint density at radius 1 is 1.28 bits per heavy atom. The Morgan fingerprint density at radius 3 is 2.76 bits per heavy atom. The molecule has 2 aromatic heterocycles. The van der Waals surface area contributed by atoms with Crippen molar-refractivity contribution in [3.05, 3.63) is 52.5 Å². The highest BCUT2D eigenvalue weighted by Crippen LogP contribution is 2.21. The lowest BCUT2D eigenvalue weighted by Crippen LogP contribution is -2.35. The predicted molar refractivity (Wildman–Crippen MR) is 95.3 cm³/mol. The Balaban J connectivity index is 1.70. The summed E-state index contributed by atoms with van der Waals surface area (Å²) in [5.41, 5.74) is 1.45. The van der Waals surface area contributed by atoms with E-state index < -0.39 is 5.91 Å². The quantitative estimate of drug-likeness (QED) is 0.719. The van der Waals surface area contributed by atoms with Gasteiger partial charge in [0.15, 0.2) is 0 Å². The van der Waals surface area contributed by atoms with Gasteiger partial charge in [-0.25, -0.2) is 9.50 Å². The maximum atomic E-state index is 12.5. The lowest BCUT2D eigenvalue weighted by atomic mass is 10.3. The van der Waals surface area contributed by atoms with Gasteiger partial charge in [0.25, 0.3) is 11.7 Å². The van der Waals surface area contributed by atoms with Gasteiger partial charge in [0, 0.05) is 23.4 Å². The van der Waals surface area contributed by atoms with Crippen molar-refractivity contribution in [2.45, 2.75) is 6.92 Å². The van der Waals surface area contributed by atoms with E-state index in [1.165, 1.54) is 16.5 Å². The summed E-state index contributed by atoms with van der Waals surface area (Å²) >= 11 is 3.36. The zero-order valence-corrected chi connectivity index (χ0v) is 15.2. The van der Waals surface area contributed by atoms with Crippen molar-refractivity contribution in [3.8, 4) is 0 Å². The second-order valence-corrected chi connectivity index (χ2v) is 6.28. The molecule has 0 spiro atoms. The Morgan fingerprint density at radius 2 is 2.04 bits per heavy atom. The molecule has 1 aromatic carbocycles. The smallest absolute Gasteiger partial charge is 0.293 e. The third kappa shape index (κ3) is 3.66. The average molecular weight is 403 g/mol. The van der Waals surface area contributed by atoms with Crippen LogP contribution in [0.25, 0.3) is 5.78 Å². The van der Waals surface area contributed by atoms with Gasteiger partial charge in [0.05, 0.1) is 12.2 Å². The number of halogens is 1. The molecule has 0 radical (unpaired) electrons. The van der Waals surface area contributed by atoms with Crippen molar-refractivity contribution >= 4 is 39.2 Å². The molecule has 2 heterocycles. The van der Waals surface area contributed by atoms with E-state index in [9.17, 15) is 9.59 Å². The first-order chi connectivity index (χ1) is 12.0. The van der Waals surface area contributed by atoms with E-state index in [1.54, 1.807) is 18.3 Å². The number of benzene rings is 1. The third-order valence-electron chi connectivity index (χ3n) is 3.50. The number of carbonyl (C=O) groups excluding carboxylic acids is 2. The number of para-hydroxylation sites is 1. The summed E-state index contributed by atoms with van der Waals surface area (Å²) in [5.74, 6) is -0.430. The van der Waals surface area contributed by atoms with Crippen LogP contribution in [0.5, 0.6) is 0 Å². The van der Waals surface area contributed by atoms with Crippen LogP contribution in [0.3, 0.4) is 0 Å². The highest BCUT2D eigenvalue weighted by Gasteiger charge is 2.20. The highest BCUT2D eigenvalue weighted by atomic mass is 79.9. The topological polar surface area (TPSA) is 92.5 Å². The van der Waals surface area contributed by atoms with Crippen molar-refractivity contribution < 1.29 is 9.59 Å². The number of hydrogen-bond acceptors (Lipinski definition) is 5. The standard InChI is InChI=1S/C16H15BrN6O2/c1-10-7-8-18-16-20-14(21-23(10)16)15(25)22(2)9-13(24)19-12-6-4-3-5-11(12)17/h3-8H,9H2,1-2H3,(H,19,24). The number of aromatic nitrogens is 4. The van der Waals surface area contributed by atoms with Gasteiger partial charge in [-0.3, -0.25) is 9.59 Å². The molecule has 128 valence electrons. The number of hydrogen-bond donors (Lipinski definition) is 1. The van der Waals surface area contributed by atoms with Crippen molar-refractivity contribution in [1.29, 1.82) is 0 Å². The summed E-state index contributed by atoms with van der Waals surface area (Å²) in [5, 5.41) is 6.90. The molecule has 8 nitrogen and oxygen atoms in total. The van der Waals surface area contributed by atoms with Crippen molar-refractivity contribution in [3.63, 3.8) is 0 Å². The Labute approximate surface area is 152 Å². The predicted octanol–water partition coefficient (Wildman–Crippen LogP) is 1.91. The minimum Gasteiger partial charge on any atom is -0.330 e. The fourth-order valence-electron chi connectivity index (χ4n) is 2.21. The van der Waals surface area contributed by atoms with Crippen LogP contribution in [0, 0.1) is 6.92 Å². The third-order valence-corrected chi connectivity index (χ3v) is 4.19. The maximum Gasteiger partial charge on any atom is 0.293 e. The van der Waals surface area contributed by atoms with Crippen LogP contribution in [-0.2, 0) is 4.79 Å². The minimum absolute atomic E-state index is 0.00186. The average Bonchev–Trinajstić information content (AvgIpc) is 3.02. The lowest BCUT2D eigenvalue weighted by Gasteiger charge is -2.15. The monoisotopic (exact) mass is 402 g/mol. The molecular weight excluding hydrogens is 388 g/mol. The zero-order valence-electron chi connectivity index (χ0n) is 13.6. The normalized spacial score (nSPS) is 10.7. The minimum atomic E-state index is -0.452. The molecule has 0 bridgehead atoms. The van der Waals surface area contributed by atoms with Gasteiger partial charge < -0.3 is 10.2 Å². The molecule has 2 amide bonds. The van der Waals surface area contributed by atoms with Crippen LogP contribution in [-0.4, -0.2) is 49.9 Å². The van der Waals surface area contributed by atoms with E-state index in [1.807, 2.05) is 25.1 Å². The second-order valence-electron chi connectivity index (χ2n) is 5.42. The van der Waals surface area contributed by atoms with Crippen LogP contribution in [0.1, 0.15) is 16.3 Å². The van der Waals surface area contributed by atoms with Gasteiger partial charge in [-0.2, -0.15) is 4.98 Å². The van der Waals surface area contributed by atoms with Crippen LogP contribution in [0.4, 0.5) is 5.69 Å². The van der Waals surface area contributed by atoms with Gasteiger partial charge in [0.2, 0.25) is 11.7 Å². The SMILES string of the molecule is Cc1ccnc2nc(C(=O)N(C)CC(=O)Nc3ccccc3Br)nn12. The largest absolute Gasteiger partial charge is 0.330 e. The van der Waals surface area contributed by atoms with E-state index in [0.717, 1.165) is 10.2 Å². The fraction of sp³-hybridized carbons (Fsp3) is 0.188. The van der Waals surface area contributed by atoms with E-state index in [0.29, 0.717) is 11.5 Å². The molecule has 3 rings (SSSR count). The first-order valence-electron chi connectivity index (χ1n) is 7.44. The number of carbonyl (C=O) groups is 2. The molecule has 0 saturated heterocycles. The molecule has 3 aromatic rings. The first-order valence-corrected chi connectivity index (χ1v) is 8.23. The van der Waals surface area contributed by atoms with E-state index in [2.05, 4.69) is 36.3 Å². The summed E-state index contributed by atoms with van der Waals surface area (Å²) in [6.45, 7) is 1.72. The number of amides is 2. The Kier molecular flexibility index (Phi) is 4.75. The Bertz CT molecular complexity index is 955. The molecule has 1 N–H and O–H groups in total. The van der Waals surface area contributed by atoms with E-state index in [-0.39, 0.29) is 18.3 Å². The summed E-state index contributed by atoms with van der Waals surface area (Å²) in [6.07, 6.45) is 1.60. The molecule has 25 heavy (non-hydrogen) atoms. The van der Waals surface area contributed by atoms with Crippen LogP contribution in [0.15, 0.2) is 41.0 Å². The molecule has 0 fully saturated rings. The van der Waals surface area contributed by atoms with E-state index in [4.69, 9.17) is 0 Å². The molecule has 0 atom stereocenters. The fourth-order valence-corrected chi connectivity index (χ4v) is 2.59. The maximum absolute atomic E-state index is 12.5. The van der Waals surface area contributed by atoms with E-state index >= 15 is 0 Å². The number of nitrogens with zero attached hydrogens (tertiary/aromatic N) is 5. The Hall–Kier alpha value is -2.81. The van der Waals surface area contributed by atoms with Crippen LogP contribution in [0.2, 0.25) is 0 Å². The highest BCUT2D eigenvalue weighted by molar-refractivity contribution is 9.10. The van der Waals surface area contributed by atoms with Crippen molar-refractivity contribution in [1.82, 2.24) is 24.5 Å². The number of nitrogens with one attached hydrogen (secondary N) is 1. The van der Waals surface area contributed by atoms with Crippen LogP contribution < -0.4 is 5.32 Å². The molecule has 0 aliphatic rings. The molecule has 0 aliphatic carbocycles.